The summed E-state index contributed by atoms with van der Waals surface area (Å²) in [5.74, 6) is -1.14. The Morgan fingerprint density at radius 3 is 2.89 bits per heavy atom. The van der Waals surface area contributed by atoms with Crippen molar-refractivity contribution in [3.05, 3.63) is 28.5 Å². The van der Waals surface area contributed by atoms with Gasteiger partial charge in [-0.1, -0.05) is 0 Å². The molecule has 2 aromatic heterocycles. The number of hydrogen-bond acceptors (Lipinski definition) is 6. The van der Waals surface area contributed by atoms with Crippen LogP contribution in [-0.2, 0) is 16.6 Å². The number of rotatable bonds is 5. The minimum absolute atomic E-state index is 0.0116. The Morgan fingerprint density at radius 1 is 1.56 bits per heavy atom. The van der Waals surface area contributed by atoms with E-state index < -0.39 is 16.0 Å². The lowest BCUT2D eigenvalue weighted by molar-refractivity contribution is 0.0691. The van der Waals surface area contributed by atoms with Gasteiger partial charge in [-0.2, -0.15) is 5.10 Å². The van der Waals surface area contributed by atoms with Crippen molar-refractivity contribution in [1.82, 2.24) is 19.9 Å². The van der Waals surface area contributed by atoms with Crippen molar-refractivity contribution in [2.75, 3.05) is 0 Å². The zero-order valence-corrected chi connectivity index (χ0v) is 10.5. The molecule has 8 nitrogen and oxygen atoms in total. The number of nitrogens with one attached hydrogen (secondary N) is 2. The molecular formula is C8H8N4O4S2. The highest BCUT2D eigenvalue weighted by atomic mass is 32.2. The van der Waals surface area contributed by atoms with Crippen molar-refractivity contribution < 1.29 is 18.3 Å². The molecule has 18 heavy (non-hydrogen) atoms. The summed E-state index contributed by atoms with van der Waals surface area (Å²) in [6.45, 7) is -0.0640. The summed E-state index contributed by atoms with van der Waals surface area (Å²) < 4.78 is 25.7. The maximum absolute atomic E-state index is 11.7. The number of sulfonamides is 1. The number of aromatic nitrogens is 3. The third kappa shape index (κ3) is 2.72. The second kappa shape index (κ2) is 4.84. The number of nitrogens with zero attached hydrogens (tertiary/aromatic N) is 2. The first-order valence-corrected chi connectivity index (χ1v) is 7.01. The SMILES string of the molecule is O=C(O)c1csc(CNS(=O)(=O)c2cn[nH]c2)n1. The molecule has 0 fully saturated rings. The first kappa shape index (κ1) is 12.7. The Morgan fingerprint density at radius 2 is 2.33 bits per heavy atom. The average Bonchev–Trinajstić information content (AvgIpc) is 2.98. The number of aromatic carboxylic acids is 1. The average molecular weight is 288 g/mol. The topological polar surface area (TPSA) is 125 Å². The standard InChI is InChI=1S/C8H8N4O4S2/c13-8(14)6-4-17-7(12-6)3-11-18(15,16)5-1-9-10-2-5/h1-2,4,11H,3H2,(H,9,10)(H,13,14). The van der Waals surface area contributed by atoms with E-state index in [0.29, 0.717) is 5.01 Å². The van der Waals surface area contributed by atoms with Crippen molar-refractivity contribution in [1.29, 1.82) is 0 Å². The molecule has 0 aliphatic carbocycles. The monoisotopic (exact) mass is 288 g/mol. The molecule has 0 atom stereocenters. The van der Waals surface area contributed by atoms with E-state index in [2.05, 4.69) is 19.9 Å². The van der Waals surface area contributed by atoms with Crippen LogP contribution in [0.15, 0.2) is 22.7 Å². The lowest BCUT2D eigenvalue weighted by Crippen LogP contribution is -2.22. The van der Waals surface area contributed by atoms with Gasteiger partial charge in [-0.3, -0.25) is 5.10 Å². The summed E-state index contributed by atoms with van der Waals surface area (Å²) in [6, 6.07) is 0. The highest BCUT2D eigenvalue weighted by Crippen LogP contribution is 2.11. The molecule has 0 spiro atoms. The van der Waals surface area contributed by atoms with Crippen LogP contribution in [0, 0.1) is 0 Å². The fraction of sp³-hybridized carbons (Fsp3) is 0.125. The summed E-state index contributed by atoms with van der Waals surface area (Å²) in [7, 11) is -3.65. The highest BCUT2D eigenvalue weighted by molar-refractivity contribution is 7.89. The molecule has 0 aromatic carbocycles. The molecule has 0 unspecified atom stereocenters. The van der Waals surface area contributed by atoms with Gasteiger partial charge in [0.2, 0.25) is 10.0 Å². The van der Waals surface area contributed by atoms with Crippen LogP contribution >= 0.6 is 11.3 Å². The van der Waals surface area contributed by atoms with Gasteiger partial charge < -0.3 is 5.11 Å². The van der Waals surface area contributed by atoms with Crippen LogP contribution < -0.4 is 4.72 Å². The summed E-state index contributed by atoms with van der Waals surface area (Å²) >= 11 is 1.07. The highest BCUT2D eigenvalue weighted by Gasteiger charge is 2.16. The molecule has 10 heteroatoms. The van der Waals surface area contributed by atoms with Crippen molar-refractivity contribution in [2.24, 2.45) is 0 Å². The normalized spacial score (nSPS) is 11.6. The van der Waals surface area contributed by atoms with E-state index >= 15 is 0 Å². The zero-order chi connectivity index (χ0) is 13.2. The molecule has 0 aliphatic rings. The number of carboxylic acid groups (broad SMARTS) is 1. The van der Waals surface area contributed by atoms with Crippen LogP contribution in [-0.4, -0.2) is 34.7 Å². The lowest BCUT2D eigenvalue weighted by atomic mass is 10.5. The van der Waals surface area contributed by atoms with Gasteiger partial charge in [-0.15, -0.1) is 11.3 Å². The molecular weight excluding hydrogens is 280 g/mol. The van der Waals surface area contributed by atoms with Gasteiger partial charge in [-0.25, -0.2) is 22.9 Å². The Balaban J connectivity index is 2.05. The van der Waals surface area contributed by atoms with E-state index in [1.807, 2.05) is 0 Å². The maximum Gasteiger partial charge on any atom is 0.355 e. The molecule has 2 rings (SSSR count). The first-order chi connectivity index (χ1) is 8.49. The molecule has 0 aliphatic heterocycles. The summed E-state index contributed by atoms with van der Waals surface area (Å²) in [5, 5.41) is 16.3. The summed E-state index contributed by atoms with van der Waals surface area (Å²) in [5.41, 5.74) is -0.0995. The Kier molecular flexibility index (Phi) is 3.41. The molecule has 2 heterocycles. The smallest absolute Gasteiger partial charge is 0.355 e. The third-order valence-corrected chi connectivity index (χ3v) is 4.18. The van der Waals surface area contributed by atoms with Gasteiger partial charge in [0, 0.05) is 11.6 Å². The fourth-order valence-electron chi connectivity index (χ4n) is 1.12. The maximum atomic E-state index is 11.7. The van der Waals surface area contributed by atoms with E-state index in [0.717, 1.165) is 11.3 Å². The quantitative estimate of drug-likeness (QED) is 0.713. The molecule has 2 aromatic rings. The fourth-order valence-corrected chi connectivity index (χ4v) is 2.81. The van der Waals surface area contributed by atoms with Gasteiger partial charge in [0.1, 0.15) is 9.90 Å². The van der Waals surface area contributed by atoms with E-state index in [-0.39, 0.29) is 17.1 Å². The minimum Gasteiger partial charge on any atom is -0.476 e. The van der Waals surface area contributed by atoms with Crippen LogP contribution in [0.3, 0.4) is 0 Å². The van der Waals surface area contributed by atoms with E-state index in [9.17, 15) is 13.2 Å². The molecule has 3 N–H and O–H groups in total. The number of carbonyl (C=O) groups is 1. The second-order valence-electron chi connectivity index (χ2n) is 3.19. The van der Waals surface area contributed by atoms with Crippen molar-refractivity contribution in [2.45, 2.75) is 11.4 Å². The number of thiazole rings is 1. The molecule has 96 valence electrons. The molecule has 0 bridgehead atoms. The van der Waals surface area contributed by atoms with Crippen molar-refractivity contribution >= 4 is 27.3 Å². The van der Waals surface area contributed by atoms with Crippen LogP contribution in [0.4, 0.5) is 0 Å². The summed E-state index contributed by atoms with van der Waals surface area (Å²) in [6.07, 6.45) is 2.42. The van der Waals surface area contributed by atoms with Crippen LogP contribution in [0.1, 0.15) is 15.5 Å². The largest absolute Gasteiger partial charge is 0.476 e. The van der Waals surface area contributed by atoms with Crippen molar-refractivity contribution in [3.63, 3.8) is 0 Å². The number of aromatic amines is 1. The summed E-state index contributed by atoms with van der Waals surface area (Å²) in [4.78, 5) is 14.4. The molecule has 0 amide bonds. The second-order valence-corrected chi connectivity index (χ2v) is 5.90. The van der Waals surface area contributed by atoms with Gasteiger partial charge in [0.05, 0.1) is 12.7 Å². The predicted molar refractivity (Wildman–Crippen MR) is 61.7 cm³/mol. The lowest BCUT2D eigenvalue weighted by Gasteiger charge is -2.01. The minimum atomic E-state index is -3.65. The Labute approximate surface area is 106 Å². The van der Waals surface area contributed by atoms with Gasteiger partial charge in [-0.05, 0) is 0 Å². The van der Waals surface area contributed by atoms with Gasteiger partial charge in [0.25, 0.3) is 0 Å². The zero-order valence-electron chi connectivity index (χ0n) is 8.82. The van der Waals surface area contributed by atoms with Gasteiger partial charge in [0.15, 0.2) is 5.69 Å². The molecule has 0 radical (unpaired) electrons. The van der Waals surface area contributed by atoms with Crippen molar-refractivity contribution in [3.8, 4) is 0 Å². The Hall–Kier alpha value is -1.78. The first-order valence-electron chi connectivity index (χ1n) is 4.65. The van der Waals surface area contributed by atoms with Crippen LogP contribution in [0.25, 0.3) is 0 Å². The number of hydrogen-bond donors (Lipinski definition) is 3. The van der Waals surface area contributed by atoms with Crippen LogP contribution in [0.5, 0.6) is 0 Å². The number of carboxylic acids is 1. The van der Waals surface area contributed by atoms with E-state index in [1.165, 1.54) is 17.8 Å². The Bertz CT molecular complexity index is 646. The predicted octanol–water partition coefficient (Wildman–Crippen LogP) is 0.0429. The number of H-pyrrole nitrogens is 1. The van der Waals surface area contributed by atoms with Crippen LogP contribution in [0.2, 0.25) is 0 Å². The van der Waals surface area contributed by atoms with E-state index in [4.69, 9.17) is 5.11 Å². The molecule has 0 saturated heterocycles. The van der Waals surface area contributed by atoms with E-state index in [1.54, 1.807) is 0 Å². The molecule has 0 saturated carbocycles. The third-order valence-electron chi connectivity index (χ3n) is 1.97. The van der Waals surface area contributed by atoms with Gasteiger partial charge >= 0.3 is 5.97 Å².